The van der Waals surface area contributed by atoms with E-state index in [0.717, 1.165) is 5.56 Å². The van der Waals surface area contributed by atoms with Crippen molar-refractivity contribution in [1.29, 1.82) is 0 Å². The molecule has 6 heteroatoms. The summed E-state index contributed by atoms with van der Waals surface area (Å²) in [5, 5.41) is 7.42. The summed E-state index contributed by atoms with van der Waals surface area (Å²) in [6.07, 6.45) is 4.04. The highest BCUT2D eigenvalue weighted by molar-refractivity contribution is 5.50. The van der Waals surface area contributed by atoms with Crippen molar-refractivity contribution in [2.75, 3.05) is 0 Å². The van der Waals surface area contributed by atoms with E-state index < -0.39 is 0 Å². The lowest BCUT2D eigenvalue weighted by atomic mass is 10.2. The second-order valence-corrected chi connectivity index (χ2v) is 6.31. The number of nitrogens with one attached hydrogen (secondary N) is 1. The molecule has 130 valence electrons. The van der Waals surface area contributed by atoms with Gasteiger partial charge in [0.25, 0.3) is 0 Å². The summed E-state index contributed by atoms with van der Waals surface area (Å²) in [5.41, 5.74) is 1.97. The largest absolute Gasteiger partial charge is 0.337 e. The van der Waals surface area contributed by atoms with Gasteiger partial charge in [-0.25, -0.2) is 4.39 Å². The zero-order valence-corrected chi connectivity index (χ0v) is 14.2. The van der Waals surface area contributed by atoms with Gasteiger partial charge >= 0.3 is 0 Å². The Hall–Kier alpha value is -3.04. The van der Waals surface area contributed by atoms with Gasteiger partial charge in [0.15, 0.2) is 0 Å². The van der Waals surface area contributed by atoms with Crippen molar-refractivity contribution in [3.8, 4) is 23.4 Å². The maximum absolute atomic E-state index is 13.2. The Morgan fingerprint density at radius 3 is 2.77 bits per heavy atom. The maximum atomic E-state index is 13.2. The average molecular weight is 348 g/mol. The highest BCUT2D eigenvalue weighted by Gasteiger charge is 2.25. The summed E-state index contributed by atoms with van der Waals surface area (Å²) in [4.78, 5) is 8.76. The minimum absolute atomic E-state index is 0.0279. The molecule has 1 fully saturated rings. The van der Waals surface area contributed by atoms with Crippen LogP contribution in [0.4, 0.5) is 4.39 Å². The first-order valence-electron chi connectivity index (χ1n) is 8.51. The van der Waals surface area contributed by atoms with E-state index in [1.807, 2.05) is 13.0 Å². The Kier molecular flexibility index (Phi) is 4.46. The molecule has 0 spiro atoms. The molecular formula is C20H17FN4O. The molecule has 0 amide bonds. The van der Waals surface area contributed by atoms with E-state index in [0.29, 0.717) is 29.0 Å². The lowest BCUT2D eigenvalue weighted by Crippen LogP contribution is -2.20. The maximum Gasteiger partial charge on any atom is 0.243 e. The number of pyridine rings is 1. The first-order chi connectivity index (χ1) is 12.7. The van der Waals surface area contributed by atoms with Crippen LogP contribution in [0.15, 0.2) is 47.1 Å². The fourth-order valence-corrected chi connectivity index (χ4v) is 2.50. The third kappa shape index (κ3) is 3.95. The fourth-order valence-electron chi connectivity index (χ4n) is 2.50. The summed E-state index contributed by atoms with van der Waals surface area (Å²) < 4.78 is 18.5. The number of aromatic nitrogens is 3. The van der Waals surface area contributed by atoms with Gasteiger partial charge in [-0.15, -0.1) is 0 Å². The van der Waals surface area contributed by atoms with Crippen molar-refractivity contribution in [1.82, 2.24) is 20.4 Å². The van der Waals surface area contributed by atoms with E-state index >= 15 is 0 Å². The van der Waals surface area contributed by atoms with Crippen molar-refractivity contribution in [2.45, 2.75) is 31.8 Å². The molecule has 26 heavy (non-hydrogen) atoms. The fraction of sp³-hybridized carbons (Fsp3) is 0.250. The van der Waals surface area contributed by atoms with Crippen LogP contribution in [-0.4, -0.2) is 21.2 Å². The van der Waals surface area contributed by atoms with Crippen LogP contribution in [-0.2, 0) is 0 Å². The van der Waals surface area contributed by atoms with E-state index in [1.165, 1.54) is 25.0 Å². The van der Waals surface area contributed by atoms with Crippen LogP contribution in [0, 0.1) is 17.7 Å². The normalized spacial score (nSPS) is 14.5. The Balaban J connectivity index is 1.47. The number of benzene rings is 1. The summed E-state index contributed by atoms with van der Waals surface area (Å²) >= 11 is 0. The summed E-state index contributed by atoms with van der Waals surface area (Å²) in [6, 6.07) is 10.4. The van der Waals surface area contributed by atoms with Crippen LogP contribution in [0.5, 0.6) is 0 Å². The van der Waals surface area contributed by atoms with Gasteiger partial charge in [-0.2, -0.15) is 4.98 Å². The zero-order valence-electron chi connectivity index (χ0n) is 14.2. The Bertz CT molecular complexity index is 967. The highest BCUT2D eigenvalue weighted by Crippen LogP contribution is 2.24. The van der Waals surface area contributed by atoms with Gasteiger partial charge in [0.2, 0.25) is 11.7 Å². The molecule has 0 bridgehead atoms. The van der Waals surface area contributed by atoms with Gasteiger partial charge in [0, 0.05) is 23.4 Å². The van der Waals surface area contributed by atoms with Crippen LogP contribution in [0.25, 0.3) is 11.5 Å². The molecule has 2 heterocycles. The van der Waals surface area contributed by atoms with Crippen molar-refractivity contribution in [3.63, 3.8) is 0 Å². The number of hydrogen-bond donors (Lipinski definition) is 1. The van der Waals surface area contributed by atoms with E-state index in [9.17, 15) is 4.39 Å². The quantitative estimate of drug-likeness (QED) is 0.731. The highest BCUT2D eigenvalue weighted by atomic mass is 19.1. The third-order valence-corrected chi connectivity index (χ3v) is 4.04. The molecule has 1 aliphatic carbocycles. The SMILES string of the molecule is CC(NC1CC1)c1nc(-c2ccc(C#Cc3cccc(F)c3)cn2)no1. The van der Waals surface area contributed by atoms with E-state index in [4.69, 9.17) is 4.52 Å². The Morgan fingerprint density at radius 2 is 2.04 bits per heavy atom. The van der Waals surface area contributed by atoms with Crippen LogP contribution < -0.4 is 5.32 Å². The average Bonchev–Trinajstić information content (AvgIpc) is 3.32. The number of rotatable bonds is 4. The molecule has 1 aliphatic rings. The third-order valence-electron chi connectivity index (χ3n) is 4.04. The monoisotopic (exact) mass is 348 g/mol. The van der Waals surface area contributed by atoms with Crippen molar-refractivity contribution in [3.05, 3.63) is 65.4 Å². The van der Waals surface area contributed by atoms with Gasteiger partial charge < -0.3 is 9.84 Å². The minimum Gasteiger partial charge on any atom is -0.337 e. The number of nitrogens with zero attached hydrogens (tertiary/aromatic N) is 3. The molecule has 3 aromatic rings. The molecule has 4 rings (SSSR count). The summed E-state index contributed by atoms with van der Waals surface area (Å²) in [5.74, 6) is 6.59. The molecule has 0 saturated heterocycles. The van der Waals surface area contributed by atoms with E-state index in [2.05, 4.69) is 32.3 Å². The Labute approximate surface area is 150 Å². The zero-order chi connectivity index (χ0) is 17.9. The lowest BCUT2D eigenvalue weighted by Gasteiger charge is -2.06. The predicted molar refractivity (Wildman–Crippen MR) is 94.5 cm³/mol. The van der Waals surface area contributed by atoms with Crippen LogP contribution in [0.3, 0.4) is 0 Å². The summed E-state index contributed by atoms with van der Waals surface area (Å²) in [7, 11) is 0. The molecule has 0 aliphatic heterocycles. The number of hydrogen-bond acceptors (Lipinski definition) is 5. The number of halogens is 1. The topological polar surface area (TPSA) is 63.8 Å². The standard InChI is InChI=1S/C20H17FN4O/c1-13(23-17-8-9-17)20-24-19(25-26-20)18-10-7-15(12-22-18)6-5-14-3-2-4-16(21)11-14/h2-4,7,10-13,17,23H,8-9H2,1H3. The molecule has 1 atom stereocenters. The van der Waals surface area contributed by atoms with Crippen molar-refractivity contribution in [2.24, 2.45) is 0 Å². The molecule has 1 unspecified atom stereocenters. The van der Waals surface area contributed by atoms with Crippen LogP contribution in [0.1, 0.15) is 42.8 Å². The molecule has 0 radical (unpaired) electrons. The van der Waals surface area contributed by atoms with Gasteiger partial charge in [-0.1, -0.05) is 23.1 Å². The Morgan fingerprint density at radius 1 is 1.19 bits per heavy atom. The second kappa shape index (κ2) is 7.06. The molecular weight excluding hydrogens is 331 g/mol. The molecule has 2 aromatic heterocycles. The van der Waals surface area contributed by atoms with Gasteiger partial charge in [-0.3, -0.25) is 4.98 Å². The minimum atomic E-state index is -0.302. The molecule has 5 nitrogen and oxygen atoms in total. The predicted octanol–water partition coefficient (Wildman–Crippen LogP) is 3.48. The first-order valence-corrected chi connectivity index (χ1v) is 8.51. The molecule has 1 aromatic carbocycles. The van der Waals surface area contributed by atoms with Crippen LogP contribution in [0.2, 0.25) is 0 Å². The van der Waals surface area contributed by atoms with E-state index in [1.54, 1.807) is 24.4 Å². The smallest absolute Gasteiger partial charge is 0.243 e. The van der Waals surface area contributed by atoms with Gasteiger partial charge in [0.1, 0.15) is 11.5 Å². The van der Waals surface area contributed by atoms with E-state index in [-0.39, 0.29) is 11.9 Å². The van der Waals surface area contributed by atoms with Crippen molar-refractivity contribution >= 4 is 0 Å². The van der Waals surface area contributed by atoms with Gasteiger partial charge in [0.05, 0.1) is 6.04 Å². The van der Waals surface area contributed by atoms with Gasteiger partial charge in [-0.05, 0) is 50.1 Å². The molecule has 1 N–H and O–H groups in total. The van der Waals surface area contributed by atoms with Crippen LogP contribution >= 0.6 is 0 Å². The first kappa shape index (κ1) is 16.4. The van der Waals surface area contributed by atoms with Crippen molar-refractivity contribution < 1.29 is 8.91 Å². The second-order valence-electron chi connectivity index (χ2n) is 6.31. The summed E-state index contributed by atoms with van der Waals surface area (Å²) in [6.45, 7) is 2.01. The lowest BCUT2D eigenvalue weighted by molar-refractivity contribution is 0.338. The molecule has 1 saturated carbocycles.